The number of nitrogens with two attached hydrogens (primary N) is 1. The van der Waals surface area contributed by atoms with Crippen molar-refractivity contribution in [2.45, 2.75) is 61.8 Å². The van der Waals surface area contributed by atoms with Gasteiger partial charge in [0.15, 0.2) is 5.82 Å². The lowest BCUT2D eigenvalue weighted by Crippen LogP contribution is -2.44. The van der Waals surface area contributed by atoms with E-state index in [1.807, 2.05) is 0 Å². The number of halogens is 1. The number of hydrogen-bond acceptors (Lipinski definition) is 4. The molecular formula is C18H22ClN3O. The van der Waals surface area contributed by atoms with Gasteiger partial charge in [0, 0.05) is 11.3 Å². The molecular weight excluding hydrogens is 310 g/mol. The standard InChI is InChI=1S/C18H21N3O.ClH/c19-18(9-4-10-18)16-20-15(22-21-16)14-11-17(14)8-3-6-12-5-1-2-7-13(12)17;/h1-2,5,7,14H,3-4,6,8-11,19H2;1H. The summed E-state index contributed by atoms with van der Waals surface area (Å²) in [5.41, 5.74) is 9.26. The predicted octanol–water partition coefficient (Wildman–Crippen LogP) is 3.59. The summed E-state index contributed by atoms with van der Waals surface area (Å²) in [5, 5.41) is 4.19. The highest BCUT2D eigenvalue weighted by molar-refractivity contribution is 5.85. The number of rotatable bonds is 2. The third kappa shape index (κ3) is 2.08. The molecule has 1 spiro atoms. The molecule has 2 aromatic rings. The van der Waals surface area contributed by atoms with Gasteiger partial charge in [-0.3, -0.25) is 0 Å². The zero-order chi connectivity index (χ0) is 14.8. The van der Waals surface area contributed by atoms with Crippen LogP contribution in [-0.4, -0.2) is 10.1 Å². The van der Waals surface area contributed by atoms with Crippen LogP contribution in [0.4, 0.5) is 0 Å². The van der Waals surface area contributed by atoms with Gasteiger partial charge in [-0.25, -0.2) is 0 Å². The summed E-state index contributed by atoms with van der Waals surface area (Å²) in [6.07, 6.45) is 7.96. The lowest BCUT2D eigenvalue weighted by molar-refractivity contribution is 0.228. The van der Waals surface area contributed by atoms with E-state index >= 15 is 0 Å². The highest BCUT2D eigenvalue weighted by atomic mass is 35.5. The van der Waals surface area contributed by atoms with Gasteiger partial charge < -0.3 is 10.3 Å². The molecule has 0 aliphatic heterocycles. The van der Waals surface area contributed by atoms with Crippen LogP contribution in [0.3, 0.4) is 0 Å². The Morgan fingerprint density at radius 1 is 1.13 bits per heavy atom. The number of benzene rings is 1. The summed E-state index contributed by atoms with van der Waals surface area (Å²) < 4.78 is 5.61. The average Bonchev–Trinajstić information content (AvgIpc) is 3.01. The van der Waals surface area contributed by atoms with Crippen LogP contribution in [0.5, 0.6) is 0 Å². The molecule has 5 heteroatoms. The SMILES string of the molecule is Cl.NC1(c2noc(C3CC34CCCc3ccccc34)n2)CCC1. The summed E-state index contributed by atoms with van der Waals surface area (Å²) in [4.78, 5) is 4.69. The molecule has 2 unspecified atom stereocenters. The van der Waals surface area contributed by atoms with Crippen LogP contribution >= 0.6 is 12.4 Å². The molecule has 0 bridgehead atoms. The van der Waals surface area contributed by atoms with E-state index in [0.29, 0.717) is 5.92 Å². The maximum atomic E-state index is 6.32. The first-order valence-electron chi connectivity index (χ1n) is 8.43. The molecule has 2 N–H and O–H groups in total. The van der Waals surface area contributed by atoms with Crippen LogP contribution in [-0.2, 0) is 17.4 Å². The van der Waals surface area contributed by atoms with Crippen molar-refractivity contribution >= 4 is 12.4 Å². The molecule has 3 aliphatic rings. The van der Waals surface area contributed by atoms with Gasteiger partial charge in [0.1, 0.15) is 0 Å². The Kier molecular flexibility index (Phi) is 3.33. The molecule has 2 fully saturated rings. The Morgan fingerprint density at radius 3 is 2.74 bits per heavy atom. The van der Waals surface area contributed by atoms with Crippen molar-refractivity contribution in [1.29, 1.82) is 0 Å². The fourth-order valence-electron chi connectivity index (χ4n) is 4.52. The first-order valence-corrected chi connectivity index (χ1v) is 8.43. The van der Waals surface area contributed by atoms with E-state index in [0.717, 1.165) is 31.0 Å². The molecule has 2 saturated carbocycles. The summed E-state index contributed by atoms with van der Waals surface area (Å²) >= 11 is 0. The van der Waals surface area contributed by atoms with Crippen molar-refractivity contribution in [1.82, 2.24) is 10.1 Å². The lowest BCUT2D eigenvalue weighted by atomic mass is 9.77. The van der Waals surface area contributed by atoms with Crippen LogP contribution in [0, 0.1) is 0 Å². The molecule has 0 saturated heterocycles. The van der Waals surface area contributed by atoms with Crippen LogP contribution in [0.15, 0.2) is 28.8 Å². The van der Waals surface area contributed by atoms with Crippen LogP contribution in [0.2, 0.25) is 0 Å². The Bertz CT molecular complexity index is 739. The van der Waals surface area contributed by atoms with E-state index in [1.165, 1.54) is 36.8 Å². The lowest BCUT2D eigenvalue weighted by Gasteiger charge is -2.34. The van der Waals surface area contributed by atoms with Crippen LogP contribution in [0.1, 0.15) is 67.3 Å². The molecule has 122 valence electrons. The van der Waals surface area contributed by atoms with Crippen molar-refractivity contribution in [3.63, 3.8) is 0 Å². The van der Waals surface area contributed by atoms with Crippen LogP contribution < -0.4 is 5.73 Å². The summed E-state index contributed by atoms with van der Waals surface area (Å²) in [6, 6.07) is 8.87. The molecule has 23 heavy (non-hydrogen) atoms. The van der Waals surface area contributed by atoms with Crippen molar-refractivity contribution < 1.29 is 4.52 Å². The molecule has 1 aromatic carbocycles. The smallest absolute Gasteiger partial charge is 0.230 e. The monoisotopic (exact) mass is 331 g/mol. The average molecular weight is 332 g/mol. The fourth-order valence-corrected chi connectivity index (χ4v) is 4.52. The Hall–Kier alpha value is -1.39. The highest BCUT2D eigenvalue weighted by Crippen LogP contribution is 2.65. The second kappa shape index (κ2) is 5.05. The summed E-state index contributed by atoms with van der Waals surface area (Å²) in [7, 11) is 0. The third-order valence-corrected chi connectivity index (χ3v) is 6.13. The molecule has 1 aromatic heterocycles. The topological polar surface area (TPSA) is 64.9 Å². The summed E-state index contributed by atoms with van der Waals surface area (Å²) in [5.74, 6) is 1.92. The van der Waals surface area contributed by atoms with Crippen molar-refractivity contribution in [3.05, 3.63) is 47.1 Å². The number of aromatic nitrogens is 2. The maximum Gasteiger partial charge on any atom is 0.230 e. The van der Waals surface area contributed by atoms with E-state index in [-0.39, 0.29) is 23.4 Å². The minimum Gasteiger partial charge on any atom is -0.339 e. The van der Waals surface area contributed by atoms with Gasteiger partial charge in [0.2, 0.25) is 5.89 Å². The number of aryl methyl sites for hydroxylation is 1. The van der Waals surface area contributed by atoms with E-state index in [9.17, 15) is 0 Å². The Labute approximate surface area is 142 Å². The van der Waals surface area contributed by atoms with Gasteiger partial charge in [-0.15, -0.1) is 12.4 Å². The quantitative estimate of drug-likeness (QED) is 0.913. The van der Waals surface area contributed by atoms with Gasteiger partial charge in [-0.1, -0.05) is 29.4 Å². The predicted molar refractivity (Wildman–Crippen MR) is 89.7 cm³/mol. The van der Waals surface area contributed by atoms with Gasteiger partial charge in [0.05, 0.1) is 5.54 Å². The molecule has 3 aliphatic carbocycles. The number of nitrogens with zero attached hydrogens (tertiary/aromatic N) is 2. The second-order valence-electron chi connectivity index (χ2n) is 7.39. The van der Waals surface area contributed by atoms with E-state index in [1.54, 1.807) is 0 Å². The molecule has 2 atom stereocenters. The zero-order valence-electron chi connectivity index (χ0n) is 13.1. The van der Waals surface area contributed by atoms with Gasteiger partial charge in [0.25, 0.3) is 0 Å². The Balaban J connectivity index is 0.00000135. The van der Waals surface area contributed by atoms with Crippen LogP contribution in [0.25, 0.3) is 0 Å². The first kappa shape index (κ1) is 15.2. The molecule has 0 amide bonds. The maximum absolute atomic E-state index is 6.32. The van der Waals surface area contributed by atoms with E-state index in [4.69, 9.17) is 10.3 Å². The fraction of sp³-hybridized carbons (Fsp3) is 0.556. The highest BCUT2D eigenvalue weighted by Gasteiger charge is 2.60. The third-order valence-electron chi connectivity index (χ3n) is 6.13. The Morgan fingerprint density at radius 2 is 1.96 bits per heavy atom. The largest absolute Gasteiger partial charge is 0.339 e. The minimum absolute atomic E-state index is 0. The van der Waals surface area contributed by atoms with E-state index in [2.05, 4.69) is 34.4 Å². The molecule has 0 radical (unpaired) electrons. The van der Waals surface area contributed by atoms with Gasteiger partial charge in [-0.05, 0) is 56.1 Å². The van der Waals surface area contributed by atoms with Gasteiger partial charge >= 0.3 is 0 Å². The van der Waals surface area contributed by atoms with Crippen molar-refractivity contribution in [3.8, 4) is 0 Å². The minimum atomic E-state index is -0.325. The molecule has 5 rings (SSSR count). The second-order valence-corrected chi connectivity index (χ2v) is 7.39. The number of hydrogen-bond donors (Lipinski definition) is 1. The van der Waals surface area contributed by atoms with Gasteiger partial charge in [-0.2, -0.15) is 4.98 Å². The van der Waals surface area contributed by atoms with Crippen molar-refractivity contribution in [2.75, 3.05) is 0 Å². The van der Waals surface area contributed by atoms with E-state index < -0.39 is 0 Å². The molecule has 1 heterocycles. The summed E-state index contributed by atoms with van der Waals surface area (Å²) in [6.45, 7) is 0. The first-order chi connectivity index (χ1) is 10.7. The number of fused-ring (bicyclic) bond motifs is 2. The molecule has 4 nitrogen and oxygen atoms in total. The normalized spacial score (nSPS) is 30.2. The van der Waals surface area contributed by atoms with Crippen molar-refractivity contribution in [2.24, 2.45) is 5.73 Å². The zero-order valence-corrected chi connectivity index (χ0v) is 13.9.